The predicted molar refractivity (Wildman–Crippen MR) is 57.7 cm³/mol. The van der Waals surface area contributed by atoms with Crippen LogP contribution in [0, 0.1) is 0 Å². The average Bonchev–Trinajstić information content (AvgIpc) is 2.58. The van der Waals surface area contributed by atoms with E-state index in [9.17, 15) is 0 Å². The van der Waals surface area contributed by atoms with Gasteiger partial charge in [0, 0.05) is 0 Å². The molecule has 0 radical (unpaired) electrons. The van der Waals surface area contributed by atoms with Gasteiger partial charge in [0.2, 0.25) is 11.2 Å². The van der Waals surface area contributed by atoms with E-state index in [1.807, 2.05) is 11.4 Å². The van der Waals surface area contributed by atoms with Crippen molar-refractivity contribution in [2.45, 2.75) is 6.10 Å². The van der Waals surface area contributed by atoms with Crippen molar-refractivity contribution in [1.82, 2.24) is 9.97 Å². The van der Waals surface area contributed by atoms with Gasteiger partial charge in [0.1, 0.15) is 10.8 Å². The number of nitrogens with zero attached hydrogens (tertiary/aromatic N) is 2. The lowest BCUT2D eigenvalue weighted by Gasteiger charge is -2.26. The van der Waals surface area contributed by atoms with Crippen molar-refractivity contribution < 1.29 is 9.47 Å². The zero-order valence-electron chi connectivity index (χ0n) is 7.64. The number of hydrogen-bond acceptors (Lipinski definition) is 5. The van der Waals surface area contributed by atoms with E-state index in [2.05, 4.69) is 9.97 Å². The molecule has 0 amide bonds. The highest BCUT2D eigenvalue weighted by molar-refractivity contribution is 7.17. The summed E-state index contributed by atoms with van der Waals surface area (Å²) in [6, 6.07) is 1.90. The van der Waals surface area contributed by atoms with Crippen molar-refractivity contribution in [2.24, 2.45) is 0 Å². The van der Waals surface area contributed by atoms with Crippen molar-refractivity contribution in [3.05, 3.63) is 16.7 Å². The molecular formula is C9H7ClN2O2S. The molecule has 0 atom stereocenters. The molecule has 0 unspecified atom stereocenters. The van der Waals surface area contributed by atoms with E-state index in [0.29, 0.717) is 19.1 Å². The Morgan fingerprint density at radius 1 is 1.47 bits per heavy atom. The molecule has 1 saturated heterocycles. The second-order valence-corrected chi connectivity index (χ2v) is 4.46. The van der Waals surface area contributed by atoms with Crippen molar-refractivity contribution in [1.29, 1.82) is 0 Å². The minimum absolute atomic E-state index is 0.0984. The van der Waals surface area contributed by atoms with Gasteiger partial charge >= 0.3 is 0 Å². The SMILES string of the molecule is Clc1nc(OC2COC2)c2sccc2n1. The molecule has 6 heteroatoms. The summed E-state index contributed by atoms with van der Waals surface area (Å²) in [5.41, 5.74) is 0.829. The molecular weight excluding hydrogens is 236 g/mol. The number of halogens is 1. The Morgan fingerprint density at radius 3 is 3.07 bits per heavy atom. The Morgan fingerprint density at radius 2 is 2.33 bits per heavy atom. The van der Waals surface area contributed by atoms with Gasteiger partial charge in [-0.05, 0) is 23.0 Å². The van der Waals surface area contributed by atoms with Crippen molar-refractivity contribution in [2.75, 3.05) is 13.2 Å². The first-order valence-corrected chi connectivity index (χ1v) is 5.74. The second kappa shape index (κ2) is 3.59. The zero-order valence-corrected chi connectivity index (χ0v) is 9.22. The largest absolute Gasteiger partial charge is 0.468 e. The third-order valence-corrected chi connectivity index (χ3v) is 3.19. The van der Waals surface area contributed by atoms with E-state index >= 15 is 0 Å². The lowest BCUT2D eigenvalue weighted by molar-refractivity contribution is -0.0806. The maximum absolute atomic E-state index is 5.80. The molecule has 3 heterocycles. The van der Waals surface area contributed by atoms with Gasteiger partial charge in [-0.25, -0.2) is 4.98 Å². The van der Waals surface area contributed by atoms with Crippen molar-refractivity contribution in [3.63, 3.8) is 0 Å². The number of thiophene rings is 1. The van der Waals surface area contributed by atoms with Gasteiger partial charge in [0.05, 0.1) is 18.7 Å². The van der Waals surface area contributed by atoms with Gasteiger partial charge in [-0.3, -0.25) is 0 Å². The van der Waals surface area contributed by atoms with Crippen LogP contribution in [0.3, 0.4) is 0 Å². The van der Waals surface area contributed by atoms with E-state index in [0.717, 1.165) is 10.2 Å². The van der Waals surface area contributed by atoms with Crippen LogP contribution in [-0.2, 0) is 4.74 Å². The summed E-state index contributed by atoms with van der Waals surface area (Å²) in [5, 5.41) is 2.16. The lowest BCUT2D eigenvalue weighted by Crippen LogP contribution is -2.38. The smallest absolute Gasteiger partial charge is 0.236 e. The predicted octanol–water partition coefficient (Wildman–Crippen LogP) is 2.12. The third kappa shape index (κ3) is 1.67. The maximum Gasteiger partial charge on any atom is 0.236 e. The van der Waals surface area contributed by atoms with Crippen LogP contribution in [0.25, 0.3) is 10.2 Å². The average molecular weight is 243 g/mol. The van der Waals surface area contributed by atoms with Gasteiger partial charge in [-0.1, -0.05) is 0 Å². The highest BCUT2D eigenvalue weighted by atomic mass is 35.5. The van der Waals surface area contributed by atoms with Crippen LogP contribution >= 0.6 is 22.9 Å². The number of rotatable bonds is 2. The van der Waals surface area contributed by atoms with Crippen LogP contribution in [0.4, 0.5) is 0 Å². The number of ether oxygens (including phenoxy) is 2. The number of hydrogen-bond donors (Lipinski definition) is 0. The molecule has 2 aromatic heterocycles. The van der Waals surface area contributed by atoms with Crippen LogP contribution in [0.5, 0.6) is 5.88 Å². The van der Waals surface area contributed by atoms with Crippen LogP contribution in [-0.4, -0.2) is 29.3 Å². The van der Waals surface area contributed by atoms with E-state index in [1.165, 1.54) is 0 Å². The molecule has 4 nitrogen and oxygen atoms in total. The van der Waals surface area contributed by atoms with E-state index in [4.69, 9.17) is 21.1 Å². The molecule has 0 saturated carbocycles. The lowest BCUT2D eigenvalue weighted by atomic mass is 10.3. The van der Waals surface area contributed by atoms with Gasteiger partial charge in [-0.15, -0.1) is 11.3 Å². The Bertz CT molecular complexity index is 498. The molecule has 1 fully saturated rings. The van der Waals surface area contributed by atoms with Crippen LogP contribution in [0.1, 0.15) is 0 Å². The molecule has 0 bridgehead atoms. The standard InChI is InChI=1S/C9H7ClN2O2S/c10-9-11-6-1-2-15-7(6)8(12-9)14-5-3-13-4-5/h1-2,5H,3-4H2. The topological polar surface area (TPSA) is 44.2 Å². The maximum atomic E-state index is 5.80. The van der Waals surface area contributed by atoms with E-state index in [-0.39, 0.29) is 11.4 Å². The fourth-order valence-electron chi connectivity index (χ4n) is 1.33. The van der Waals surface area contributed by atoms with Crippen LogP contribution in [0.2, 0.25) is 5.28 Å². The molecule has 3 rings (SSSR count). The molecule has 2 aromatic rings. The summed E-state index contributed by atoms with van der Waals surface area (Å²) in [4.78, 5) is 8.18. The Kier molecular flexibility index (Phi) is 2.23. The summed E-state index contributed by atoms with van der Waals surface area (Å²) in [5.74, 6) is 0.563. The molecule has 1 aliphatic rings. The van der Waals surface area contributed by atoms with Gasteiger partial charge in [-0.2, -0.15) is 4.98 Å². The fraction of sp³-hybridized carbons (Fsp3) is 0.333. The summed E-state index contributed by atoms with van der Waals surface area (Å²) in [6.45, 7) is 1.24. The van der Waals surface area contributed by atoms with E-state index in [1.54, 1.807) is 11.3 Å². The molecule has 1 aliphatic heterocycles. The van der Waals surface area contributed by atoms with Crippen LogP contribution < -0.4 is 4.74 Å². The highest BCUT2D eigenvalue weighted by Gasteiger charge is 2.22. The first-order chi connectivity index (χ1) is 7.33. The summed E-state index contributed by atoms with van der Waals surface area (Å²) in [7, 11) is 0. The van der Waals surface area contributed by atoms with Gasteiger partial charge in [0.15, 0.2) is 0 Å². The zero-order chi connectivity index (χ0) is 10.3. The summed E-state index contributed by atoms with van der Waals surface area (Å²) >= 11 is 7.35. The van der Waals surface area contributed by atoms with Crippen molar-refractivity contribution >= 4 is 33.2 Å². The van der Waals surface area contributed by atoms with Gasteiger partial charge < -0.3 is 9.47 Å². The molecule has 0 spiro atoms. The molecule has 15 heavy (non-hydrogen) atoms. The molecule has 0 N–H and O–H groups in total. The summed E-state index contributed by atoms with van der Waals surface area (Å²) in [6.07, 6.45) is 0.0984. The minimum Gasteiger partial charge on any atom is -0.468 e. The first kappa shape index (κ1) is 9.33. The Balaban J connectivity index is 2.02. The Hall–Kier alpha value is -0.910. The monoisotopic (exact) mass is 242 g/mol. The molecule has 0 aromatic carbocycles. The number of aromatic nitrogens is 2. The third-order valence-electron chi connectivity index (χ3n) is 2.13. The highest BCUT2D eigenvalue weighted by Crippen LogP contribution is 2.30. The molecule has 0 aliphatic carbocycles. The van der Waals surface area contributed by atoms with Crippen LogP contribution in [0.15, 0.2) is 11.4 Å². The Labute approximate surface area is 94.8 Å². The summed E-state index contributed by atoms with van der Waals surface area (Å²) < 4.78 is 11.6. The molecule has 78 valence electrons. The van der Waals surface area contributed by atoms with E-state index < -0.39 is 0 Å². The second-order valence-electron chi connectivity index (χ2n) is 3.21. The quantitative estimate of drug-likeness (QED) is 0.757. The fourth-order valence-corrected chi connectivity index (χ4v) is 2.26. The first-order valence-electron chi connectivity index (χ1n) is 4.48. The normalized spacial score (nSPS) is 16.6. The minimum atomic E-state index is 0.0984. The van der Waals surface area contributed by atoms with Gasteiger partial charge in [0.25, 0.3) is 0 Å². The van der Waals surface area contributed by atoms with Crippen molar-refractivity contribution in [3.8, 4) is 5.88 Å². The number of fused-ring (bicyclic) bond motifs is 1.